The third-order valence-electron chi connectivity index (χ3n) is 7.46. The molecular formula is C28H30N2O5. The molecule has 4 atom stereocenters. The number of ether oxygens (including phenoxy) is 1. The van der Waals surface area contributed by atoms with Gasteiger partial charge in [0.2, 0.25) is 17.7 Å². The van der Waals surface area contributed by atoms with E-state index in [0.29, 0.717) is 11.6 Å². The standard InChI is InChI=1S/C28H30N2O5/c1-16-7-8-23-24(12-16)27(33)30(26(23)32)20-5-4-6-22(14-20)35-28(34)19-13-25(31)29(15-19)21-10-17(2)9-18(3)11-21/h4-6,9-11,14,16,19,23-24H,7-8,12-13,15H2,1-3H3/t16-,19+,23-,24-/m0/s1. The number of nitrogens with zero attached hydrogens (tertiary/aromatic N) is 2. The Morgan fingerprint density at radius 2 is 1.63 bits per heavy atom. The predicted molar refractivity (Wildman–Crippen MR) is 131 cm³/mol. The van der Waals surface area contributed by atoms with E-state index in [4.69, 9.17) is 4.74 Å². The third kappa shape index (κ3) is 4.35. The molecule has 0 unspecified atom stereocenters. The Morgan fingerprint density at radius 1 is 0.914 bits per heavy atom. The molecule has 5 rings (SSSR count). The summed E-state index contributed by atoms with van der Waals surface area (Å²) >= 11 is 0. The minimum atomic E-state index is -0.591. The second-order valence-corrected chi connectivity index (χ2v) is 10.3. The zero-order chi connectivity index (χ0) is 24.9. The first kappa shape index (κ1) is 23.3. The van der Waals surface area contributed by atoms with Gasteiger partial charge in [0.1, 0.15) is 5.75 Å². The van der Waals surface area contributed by atoms with Crippen molar-refractivity contribution >= 4 is 35.1 Å². The average Bonchev–Trinajstić information content (AvgIpc) is 3.31. The number of esters is 1. The molecule has 0 aromatic heterocycles. The van der Waals surface area contributed by atoms with Gasteiger partial charge in [0, 0.05) is 24.7 Å². The maximum atomic E-state index is 13.0. The van der Waals surface area contributed by atoms with Crippen molar-refractivity contribution in [2.24, 2.45) is 23.7 Å². The molecule has 1 aliphatic carbocycles. The van der Waals surface area contributed by atoms with E-state index in [-0.39, 0.29) is 48.3 Å². The normalized spacial score (nSPS) is 26.3. The summed E-state index contributed by atoms with van der Waals surface area (Å²) in [6, 6.07) is 12.5. The molecule has 7 nitrogen and oxygen atoms in total. The van der Waals surface area contributed by atoms with Crippen LogP contribution < -0.4 is 14.5 Å². The number of anilines is 2. The van der Waals surface area contributed by atoms with Crippen molar-refractivity contribution in [3.05, 3.63) is 53.6 Å². The Bertz CT molecular complexity index is 1200. The van der Waals surface area contributed by atoms with Gasteiger partial charge in [0.25, 0.3) is 0 Å². The molecule has 2 aromatic rings. The van der Waals surface area contributed by atoms with Gasteiger partial charge in [-0.1, -0.05) is 19.1 Å². The van der Waals surface area contributed by atoms with Crippen LogP contribution in [0.3, 0.4) is 0 Å². The smallest absolute Gasteiger partial charge is 0.316 e. The lowest BCUT2D eigenvalue weighted by atomic mass is 9.76. The number of hydrogen-bond donors (Lipinski definition) is 0. The minimum Gasteiger partial charge on any atom is -0.426 e. The van der Waals surface area contributed by atoms with Crippen molar-refractivity contribution < 1.29 is 23.9 Å². The summed E-state index contributed by atoms with van der Waals surface area (Å²) < 4.78 is 5.62. The Labute approximate surface area is 205 Å². The summed E-state index contributed by atoms with van der Waals surface area (Å²) in [6.45, 7) is 6.32. The summed E-state index contributed by atoms with van der Waals surface area (Å²) in [5, 5.41) is 0. The van der Waals surface area contributed by atoms with Crippen LogP contribution in [0.1, 0.15) is 43.7 Å². The summed E-state index contributed by atoms with van der Waals surface area (Å²) in [5.41, 5.74) is 3.31. The number of imide groups is 1. The first-order valence-corrected chi connectivity index (χ1v) is 12.3. The maximum Gasteiger partial charge on any atom is 0.316 e. The highest BCUT2D eigenvalue weighted by atomic mass is 16.5. The molecule has 35 heavy (non-hydrogen) atoms. The van der Waals surface area contributed by atoms with Crippen molar-refractivity contribution in [2.45, 2.75) is 46.5 Å². The van der Waals surface area contributed by atoms with Crippen LogP contribution in [0.5, 0.6) is 5.75 Å². The highest BCUT2D eigenvalue weighted by molar-refractivity contribution is 6.22. The topological polar surface area (TPSA) is 84.0 Å². The molecule has 0 bridgehead atoms. The van der Waals surface area contributed by atoms with E-state index in [2.05, 4.69) is 6.92 Å². The Hall–Kier alpha value is -3.48. The Balaban J connectivity index is 1.29. The van der Waals surface area contributed by atoms with Crippen LogP contribution in [0.25, 0.3) is 0 Å². The fourth-order valence-electron chi connectivity index (χ4n) is 5.75. The number of aryl methyl sites for hydroxylation is 2. The first-order valence-electron chi connectivity index (χ1n) is 12.3. The summed E-state index contributed by atoms with van der Waals surface area (Å²) in [4.78, 5) is 54.5. The monoisotopic (exact) mass is 474 g/mol. The lowest BCUT2D eigenvalue weighted by molar-refractivity contribution is -0.139. The fourth-order valence-corrected chi connectivity index (χ4v) is 5.75. The number of carbonyl (C=O) groups is 4. The number of fused-ring (bicyclic) bond motifs is 1. The SMILES string of the molecule is Cc1cc(C)cc(N2C[C@H](C(=O)Oc3cccc(N4C(=O)[C@H]5CC[C@H](C)C[C@@H]5C4=O)c3)CC2=O)c1. The second kappa shape index (κ2) is 8.95. The van der Waals surface area contributed by atoms with E-state index in [9.17, 15) is 19.2 Å². The van der Waals surface area contributed by atoms with Gasteiger partial charge in [0.05, 0.1) is 23.4 Å². The van der Waals surface area contributed by atoms with Crippen LogP contribution in [-0.2, 0) is 19.2 Å². The number of benzene rings is 2. The molecule has 2 heterocycles. The Kier molecular flexibility index (Phi) is 5.95. The van der Waals surface area contributed by atoms with Crippen molar-refractivity contribution in [3.8, 4) is 5.75 Å². The van der Waals surface area contributed by atoms with Gasteiger partial charge in [-0.15, -0.1) is 0 Å². The van der Waals surface area contributed by atoms with Crippen molar-refractivity contribution in [1.29, 1.82) is 0 Å². The fraction of sp³-hybridized carbons (Fsp3) is 0.429. The minimum absolute atomic E-state index is 0.0795. The largest absolute Gasteiger partial charge is 0.426 e. The highest BCUT2D eigenvalue weighted by Gasteiger charge is 2.50. The van der Waals surface area contributed by atoms with Crippen LogP contribution in [0.4, 0.5) is 11.4 Å². The van der Waals surface area contributed by atoms with Gasteiger partial charge >= 0.3 is 5.97 Å². The molecular weight excluding hydrogens is 444 g/mol. The van der Waals surface area contributed by atoms with E-state index in [1.807, 2.05) is 32.0 Å². The second-order valence-electron chi connectivity index (χ2n) is 10.3. The highest BCUT2D eigenvalue weighted by Crippen LogP contribution is 2.42. The first-order chi connectivity index (χ1) is 16.7. The van der Waals surface area contributed by atoms with Crippen LogP contribution in [0.2, 0.25) is 0 Å². The van der Waals surface area contributed by atoms with E-state index in [1.165, 1.54) is 4.90 Å². The predicted octanol–water partition coefficient (Wildman–Crippen LogP) is 4.19. The molecule has 2 saturated heterocycles. The number of hydrogen-bond acceptors (Lipinski definition) is 5. The molecule has 2 aliphatic heterocycles. The summed E-state index contributed by atoms with van der Waals surface area (Å²) in [6.07, 6.45) is 2.49. The quantitative estimate of drug-likeness (QED) is 0.377. The zero-order valence-electron chi connectivity index (χ0n) is 20.3. The molecule has 0 spiro atoms. The van der Waals surface area contributed by atoms with Crippen molar-refractivity contribution in [1.82, 2.24) is 0 Å². The van der Waals surface area contributed by atoms with E-state index in [1.54, 1.807) is 29.2 Å². The molecule has 3 amide bonds. The van der Waals surface area contributed by atoms with Crippen LogP contribution in [0, 0.1) is 37.5 Å². The van der Waals surface area contributed by atoms with Crippen LogP contribution in [-0.4, -0.2) is 30.2 Å². The summed E-state index contributed by atoms with van der Waals surface area (Å²) in [5.74, 6) is -1.37. The lowest BCUT2D eigenvalue weighted by Crippen LogP contribution is -2.31. The van der Waals surface area contributed by atoms with Gasteiger partial charge in [-0.3, -0.25) is 19.2 Å². The zero-order valence-corrected chi connectivity index (χ0v) is 20.3. The van der Waals surface area contributed by atoms with Gasteiger partial charge in [0.15, 0.2) is 0 Å². The maximum absolute atomic E-state index is 13.0. The van der Waals surface area contributed by atoms with Crippen LogP contribution in [0.15, 0.2) is 42.5 Å². The molecule has 3 fully saturated rings. The molecule has 0 N–H and O–H groups in total. The summed E-state index contributed by atoms with van der Waals surface area (Å²) in [7, 11) is 0. The molecule has 2 aromatic carbocycles. The van der Waals surface area contributed by atoms with E-state index >= 15 is 0 Å². The van der Waals surface area contributed by atoms with Gasteiger partial charge < -0.3 is 9.64 Å². The molecule has 182 valence electrons. The molecule has 7 heteroatoms. The van der Waals surface area contributed by atoms with Crippen LogP contribution >= 0.6 is 0 Å². The van der Waals surface area contributed by atoms with Gasteiger partial charge in [-0.2, -0.15) is 0 Å². The van der Waals surface area contributed by atoms with Gasteiger partial charge in [-0.25, -0.2) is 4.90 Å². The Morgan fingerprint density at radius 3 is 2.37 bits per heavy atom. The number of rotatable bonds is 4. The molecule has 0 radical (unpaired) electrons. The van der Waals surface area contributed by atoms with Crippen molar-refractivity contribution in [2.75, 3.05) is 16.3 Å². The average molecular weight is 475 g/mol. The van der Waals surface area contributed by atoms with Crippen molar-refractivity contribution in [3.63, 3.8) is 0 Å². The lowest BCUT2D eigenvalue weighted by Gasteiger charge is -2.25. The van der Waals surface area contributed by atoms with E-state index in [0.717, 1.165) is 36.1 Å². The number of amides is 3. The number of carbonyl (C=O) groups excluding carboxylic acids is 4. The molecule has 3 aliphatic rings. The molecule has 1 saturated carbocycles. The van der Waals surface area contributed by atoms with Gasteiger partial charge in [-0.05, 0) is 74.4 Å². The van der Waals surface area contributed by atoms with E-state index < -0.39 is 11.9 Å². The third-order valence-corrected chi connectivity index (χ3v) is 7.46.